The maximum absolute atomic E-state index is 13.2. The van der Waals surface area contributed by atoms with E-state index in [0.717, 1.165) is 28.7 Å². The molecule has 3 rings (SSSR count). The van der Waals surface area contributed by atoms with Crippen LogP contribution in [0, 0.1) is 0 Å². The molecule has 8 heteroatoms. The Hall–Kier alpha value is -3.07. The lowest BCUT2D eigenvalue weighted by Gasteiger charge is -2.37. The lowest BCUT2D eigenvalue weighted by molar-refractivity contribution is -0.133. The first-order valence-electron chi connectivity index (χ1n) is 13.2. The summed E-state index contributed by atoms with van der Waals surface area (Å²) in [6.45, 7) is 8.55. The third-order valence-corrected chi connectivity index (χ3v) is 7.69. The Labute approximate surface area is 226 Å². The highest BCUT2D eigenvalue weighted by Gasteiger charge is 2.37. The number of fused-ring (bicyclic) bond motifs is 3. The standard InChI is InChI=1S/C30H42N4O4/c1-29(2,32-17-11-16-31)26(35)19-34(6)30(3,4)27(36)18-33(5)28(37)38-20-25-23-14-9-7-12-21(23)22-13-8-10-15-24(22)25/h7-10,12-15,25,32H,11,16-20,31H2,1-6H3. The van der Waals surface area contributed by atoms with Crippen molar-refractivity contribution in [2.75, 3.05) is 46.9 Å². The fourth-order valence-electron chi connectivity index (χ4n) is 4.60. The van der Waals surface area contributed by atoms with Gasteiger partial charge < -0.3 is 20.7 Å². The van der Waals surface area contributed by atoms with Gasteiger partial charge in [-0.3, -0.25) is 14.5 Å². The quantitative estimate of drug-likeness (QED) is 0.388. The number of ether oxygens (including phenoxy) is 1. The van der Waals surface area contributed by atoms with Crippen LogP contribution in [0.25, 0.3) is 11.1 Å². The second kappa shape index (κ2) is 12.2. The van der Waals surface area contributed by atoms with E-state index in [1.54, 1.807) is 32.8 Å². The van der Waals surface area contributed by atoms with Crippen LogP contribution in [0.5, 0.6) is 0 Å². The number of carbonyl (C=O) groups is 3. The SMILES string of the molecule is CN(CC(=O)C(C)(C)N(C)CC(=O)C(C)(C)NCCCN)C(=O)OCC1c2ccccc2-c2ccccc21. The van der Waals surface area contributed by atoms with Crippen molar-refractivity contribution in [2.45, 2.75) is 51.1 Å². The largest absolute Gasteiger partial charge is 0.448 e. The molecule has 1 aliphatic rings. The number of hydrogen-bond donors (Lipinski definition) is 2. The summed E-state index contributed by atoms with van der Waals surface area (Å²) < 4.78 is 5.68. The third-order valence-electron chi connectivity index (χ3n) is 7.69. The smallest absolute Gasteiger partial charge is 0.409 e. The van der Waals surface area contributed by atoms with Crippen molar-refractivity contribution in [2.24, 2.45) is 5.73 Å². The van der Waals surface area contributed by atoms with E-state index >= 15 is 0 Å². The van der Waals surface area contributed by atoms with Crippen LogP contribution in [0.15, 0.2) is 48.5 Å². The molecule has 0 saturated carbocycles. The number of ketones is 2. The van der Waals surface area contributed by atoms with Gasteiger partial charge in [-0.1, -0.05) is 48.5 Å². The maximum Gasteiger partial charge on any atom is 0.409 e. The second-order valence-corrected chi connectivity index (χ2v) is 11.1. The monoisotopic (exact) mass is 522 g/mol. The van der Waals surface area contributed by atoms with Crippen LogP contribution in [-0.2, 0) is 14.3 Å². The topological polar surface area (TPSA) is 105 Å². The molecule has 2 aromatic rings. The van der Waals surface area contributed by atoms with Crippen molar-refractivity contribution in [1.82, 2.24) is 15.1 Å². The fraction of sp³-hybridized carbons (Fsp3) is 0.500. The van der Waals surface area contributed by atoms with Crippen molar-refractivity contribution < 1.29 is 19.1 Å². The number of carbonyl (C=O) groups excluding carboxylic acids is 3. The Morgan fingerprint density at radius 3 is 2.00 bits per heavy atom. The van der Waals surface area contributed by atoms with Gasteiger partial charge in [0.1, 0.15) is 6.61 Å². The van der Waals surface area contributed by atoms with Crippen LogP contribution < -0.4 is 11.1 Å². The van der Waals surface area contributed by atoms with Gasteiger partial charge in [0.15, 0.2) is 11.6 Å². The van der Waals surface area contributed by atoms with Crippen LogP contribution in [0.3, 0.4) is 0 Å². The zero-order chi connectivity index (χ0) is 28.1. The highest BCUT2D eigenvalue weighted by molar-refractivity contribution is 5.93. The maximum atomic E-state index is 13.2. The van der Waals surface area contributed by atoms with Crippen LogP contribution >= 0.6 is 0 Å². The molecule has 0 saturated heterocycles. The number of nitrogens with two attached hydrogens (primary N) is 1. The van der Waals surface area contributed by atoms with E-state index in [0.29, 0.717) is 13.1 Å². The molecule has 0 bridgehead atoms. The number of hydrogen-bond acceptors (Lipinski definition) is 7. The van der Waals surface area contributed by atoms with Gasteiger partial charge in [-0.05, 0) is 76.5 Å². The summed E-state index contributed by atoms with van der Waals surface area (Å²) in [6.07, 6.45) is 0.221. The minimum atomic E-state index is -0.957. The van der Waals surface area contributed by atoms with E-state index < -0.39 is 17.2 Å². The van der Waals surface area contributed by atoms with Crippen LogP contribution in [0.1, 0.15) is 51.2 Å². The summed E-state index contributed by atoms with van der Waals surface area (Å²) in [5.41, 5.74) is 8.43. The van der Waals surface area contributed by atoms with Gasteiger partial charge in [-0.15, -0.1) is 0 Å². The third kappa shape index (κ3) is 6.49. The summed E-state index contributed by atoms with van der Waals surface area (Å²) in [6, 6.07) is 16.3. The number of rotatable bonds is 13. The van der Waals surface area contributed by atoms with E-state index in [-0.39, 0.29) is 37.2 Å². The molecule has 0 fully saturated rings. The number of nitrogens with one attached hydrogen (secondary N) is 1. The summed E-state index contributed by atoms with van der Waals surface area (Å²) in [4.78, 5) is 42.0. The zero-order valence-corrected chi connectivity index (χ0v) is 23.5. The first-order valence-corrected chi connectivity index (χ1v) is 13.2. The Morgan fingerprint density at radius 2 is 1.45 bits per heavy atom. The van der Waals surface area contributed by atoms with Crippen LogP contribution in [0.2, 0.25) is 0 Å². The summed E-state index contributed by atoms with van der Waals surface area (Å²) >= 11 is 0. The van der Waals surface area contributed by atoms with E-state index in [9.17, 15) is 14.4 Å². The van der Waals surface area contributed by atoms with Crippen LogP contribution in [-0.4, -0.2) is 85.4 Å². The Morgan fingerprint density at radius 1 is 0.895 bits per heavy atom. The summed E-state index contributed by atoms with van der Waals surface area (Å²) in [7, 11) is 3.31. The molecule has 8 nitrogen and oxygen atoms in total. The highest BCUT2D eigenvalue weighted by Crippen LogP contribution is 2.44. The van der Waals surface area contributed by atoms with Gasteiger partial charge in [0, 0.05) is 13.0 Å². The number of benzene rings is 2. The van der Waals surface area contributed by atoms with E-state index in [4.69, 9.17) is 10.5 Å². The normalized spacial score (nSPS) is 13.3. The number of amides is 1. The summed E-state index contributed by atoms with van der Waals surface area (Å²) in [5, 5.41) is 3.23. The molecule has 2 aromatic carbocycles. The minimum Gasteiger partial charge on any atom is -0.448 e. The molecule has 38 heavy (non-hydrogen) atoms. The Kier molecular flexibility index (Phi) is 9.46. The molecule has 0 aliphatic heterocycles. The second-order valence-electron chi connectivity index (χ2n) is 11.1. The first kappa shape index (κ1) is 29.5. The van der Waals surface area contributed by atoms with Crippen LogP contribution in [0.4, 0.5) is 4.79 Å². The van der Waals surface area contributed by atoms with Crippen molar-refractivity contribution >= 4 is 17.7 Å². The minimum absolute atomic E-state index is 0.0252. The van der Waals surface area contributed by atoms with Gasteiger partial charge in [-0.2, -0.15) is 0 Å². The van der Waals surface area contributed by atoms with Gasteiger partial charge in [0.05, 0.1) is 24.2 Å². The average molecular weight is 523 g/mol. The molecular weight excluding hydrogens is 480 g/mol. The van der Waals surface area contributed by atoms with Crippen molar-refractivity contribution in [3.63, 3.8) is 0 Å². The van der Waals surface area contributed by atoms with Crippen molar-refractivity contribution in [1.29, 1.82) is 0 Å². The van der Waals surface area contributed by atoms with Crippen molar-refractivity contribution in [3.8, 4) is 11.1 Å². The lowest BCUT2D eigenvalue weighted by Crippen LogP contribution is -2.57. The van der Waals surface area contributed by atoms with Gasteiger partial charge in [0.2, 0.25) is 0 Å². The van der Waals surface area contributed by atoms with E-state index in [1.165, 1.54) is 4.90 Å². The van der Waals surface area contributed by atoms with E-state index in [1.807, 2.05) is 38.1 Å². The van der Waals surface area contributed by atoms with Gasteiger partial charge in [0.25, 0.3) is 0 Å². The zero-order valence-electron chi connectivity index (χ0n) is 23.5. The molecule has 1 aliphatic carbocycles. The van der Waals surface area contributed by atoms with Crippen molar-refractivity contribution in [3.05, 3.63) is 59.7 Å². The molecule has 0 aromatic heterocycles. The number of nitrogens with zero attached hydrogens (tertiary/aromatic N) is 2. The molecular formula is C30H42N4O4. The molecule has 206 valence electrons. The molecule has 0 heterocycles. The fourth-order valence-corrected chi connectivity index (χ4v) is 4.60. The molecule has 0 radical (unpaired) electrons. The Bertz CT molecular complexity index is 1110. The average Bonchev–Trinajstić information content (AvgIpc) is 3.20. The summed E-state index contributed by atoms with van der Waals surface area (Å²) in [5.74, 6) is -0.258. The molecule has 1 amide bonds. The number of Topliss-reactive ketones (excluding diaryl/α,β-unsaturated/α-hetero) is 2. The predicted molar refractivity (Wildman–Crippen MR) is 150 cm³/mol. The number of likely N-dealkylation sites (N-methyl/N-ethyl adjacent to an activating group) is 2. The first-order chi connectivity index (χ1) is 17.9. The lowest BCUT2D eigenvalue weighted by atomic mass is 9.93. The highest BCUT2D eigenvalue weighted by atomic mass is 16.6. The molecule has 3 N–H and O–H groups in total. The molecule has 0 spiro atoms. The van der Waals surface area contributed by atoms with Gasteiger partial charge in [-0.25, -0.2) is 4.79 Å². The Balaban J connectivity index is 1.56. The van der Waals surface area contributed by atoms with Gasteiger partial charge >= 0.3 is 6.09 Å². The molecule has 0 unspecified atom stereocenters. The molecule has 0 atom stereocenters. The van der Waals surface area contributed by atoms with E-state index in [2.05, 4.69) is 29.6 Å². The predicted octanol–water partition coefficient (Wildman–Crippen LogP) is 3.43.